The van der Waals surface area contributed by atoms with Crippen LogP contribution in [-0.2, 0) is 16.0 Å². The maximum atomic E-state index is 13.0. The number of oxazole rings is 1. The molecule has 0 aliphatic carbocycles. The Morgan fingerprint density at radius 2 is 1.97 bits per heavy atom. The van der Waals surface area contributed by atoms with E-state index in [-0.39, 0.29) is 24.8 Å². The van der Waals surface area contributed by atoms with Crippen LogP contribution in [0.25, 0.3) is 11.1 Å². The Morgan fingerprint density at radius 3 is 2.79 bits per heavy atom. The number of hydrogen-bond donors (Lipinski definition) is 1. The van der Waals surface area contributed by atoms with Crippen molar-refractivity contribution in [3.63, 3.8) is 0 Å². The van der Waals surface area contributed by atoms with Crippen LogP contribution in [0.1, 0.15) is 25.7 Å². The van der Waals surface area contributed by atoms with E-state index in [1.165, 1.54) is 0 Å². The summed E-state index contributed by atoms with van der Waals surface area (Å²) in [5, 5.41) is 2.84. The summed E-state index contributed by atoms with van der Waals surface area (Å²) in [6.45, 7) is 2.74. The quantitative estimate of drug-likeness (QED) is 0.696. The molecule has 7 nitrogen and oxygen atoms in total. The predicted octanol–water partition coefficient (Wildman–Crippen LogP) is 3.08. The third kappa shape index (κ3) is 4.08. The fourth-order valence-electron chi connectivity index (χ4n) is 3.34. The smallest absolute Gasteiger partial charge is 0.262 e. The lowest BCUT2D eigenvalue weighted by Gasteiger charge is -2.34. The first kappa shape index (κ1) is 19.0. The highest BCUT2D eigenvalue weighted by atomic mass is 16.5. The summed E-state index contributed by atoms with van der Waals surface area (Å²) < 4.78 is 11.5. The van der Waals surface area contributed by atoms with Crippen LogP contribution in [-0.4, -0.2) is 36.0 Å². The van der Waals surface area contributed by atoms with Crippen LogP contribution in [0.2, 0.25) is 0 Å². The van der Waals surface area contributed by atoms with Crippen molar-refractivity contribution in [1.29, 1.82) is 0 Å². The molecule has 0 fully saturated rings. The number of para-hydroxylation sites is 4. The Balaban J connectivity index is 1.48. The van der Waals surface area contributed by atoms with E-state index in [1.807, 2.05) is 49.4 Å². The van der Waals surface area contributed by atoms with Gasteiger partial charge in [-0.15, -0.1) is 0 Å². The van der Waals surface area contributed by atoms with Gasteiger partial charge < -0.3 is 19.4 Å². The van der Waals surface area contributed by atoms with Gasteiger partial charge in [0, 0.05) is 19.4 Å². The van der Waals surface area contributed by atoms with E-state index in [0.717, 1.165) is 11.9 Å². The zero-order valence-corrected chi connectivity index (χ0v) is 16.3. The van der Waals surface area contributed by atoms with E-state index in [1.54, 1.807) is 11.0 Å². The van der Waals surface area contributed by atoms with Gasteiger partial charge in [-0.25, -0.2) is 4.98 Å². The van der Waals surface area contributed by atoms with Crippen molar-refractivity contribution in [3.05, 3.63) is 54.4 Å². The summed E-state index contributed by atoms with van der Waals surface area (Å²) in [4.78, 5) is 31.5. The minimum absolute atomic E-state index is 0.101. The molecule has 2 amide bonds. The summed E-state index contributed by atoms with van der Waals surface area (Å²) in [6, 6.07) is 14.8. The van der Waals surface area contributed by atoms with Crippen molar-refractivity contribution in [2.75, 3.05) is 18.0 Å². The van der Waals surface area contributed by atoms with Crippen molar-refractivity contribution in [3.8, 4) is 5.75 Å². The van der Waals surface area contributed by atoms with Gasteiger partial charge >= 0.3 is 0 Å². The van der Waals surface area contributed by atoms with E-state index >= 15 is 0 Å². The Kier molecular flexibility index (Phi) is 5.46. The van der Waals surface area contributed by atoms with Crippen LogP contribution in [0.4, 0.5) is 5.69 Å². The van der Waals surface area contributed by atoms with Gasteiger partial charge in [-0.05, 0) is 30.7 Å². The van der Waals surface area contributed by atoms with Crippen LogP contribution in [0.3, 0.4) is 0 Å². The number of hydrogen-bond acceptors (Lipinski definition) is 5. The number of rotatable bonds is 6. The molecule has 0 spiro atoms. The van der Waals surface area contributed by atoms with Crippen LogP contribution in [0.15, 0.2) is 52.9 Å². The first-order valence-corrected chi connectivity index (χ1v) is 9.84. The van der Waals surface area contributed by atoms with E-state index in [9.17, 15) is 9.59 Å². The monoisotopic (exact) mass is 393 g/mol. The Bertz CT molecular complexity index is 997. The molecule has 0 saturated heterocycles. The molecule has 1 atom stereocenters. The predicted molar refractivity (Wildman–Crippen MR) is 109 cm³/mol. The normalized spacial score (nSPS) is 15.6. The molecule has 2 heterocycles. The number of carbonyl (C=O) groups is 2. The Morgan fingerprint density at radius 1 is 1.17 bits per heavy atom. The molecule has 4 rings (SSSR count). The molecular formula is C22H23N3O4. The van der Waals surface area contributed by atoms with Crippen molar-refractivity contribution >= 4 is 28.6 Å². The van der Waals surface area contributed by atoms with Crippen LogP contribution < -0.4 is 15.0 Å². The molecule has 0 radical (unpaired) electrons. The first-order chi connectivity index (χ1) is 14.2. The maximum Gasteiger partial charge on any atom is 0.262 e. The highest BCUT2D eigenvalue weighted by Gasteiger charge is 2.33. The van der Waals surface area contributed by atoms with Crippen molar-refractivity contribution < 1.29 is 18.7 Å². The average molecular weight is 393 g/mol. The molecule has 2 aromatic carbocycles. The van der Waals surface area contributed by atoms with E-state index in [0.29, 0.717) is 35.9 Å². The van der Waals surface area contributed by atoms with Gasteiger partial charge in [0.25, 0.3) is 5.91 Å². The minimum atomic E-state index is -0.732. The lowest BCUT2D eigenvalue weighted by Crippen LogP contribution is -2.50. The van der Waals surface area contributed by atoms with Gasteiger partial charge in [0.15, 0.2) is 17.6 Å². The number of nitrogens with zero attached hydrogens (tertiary/aromatic N) is 2. The third-order valence-corrected chi connectivity index (χ3v) is 4.81. The number of carbonyl (C=O) groups excluding carboxylic acids is 2. The SMILES string of the molecule is CCCNC(=O)C1CN(C(=O)CCc2nc3ccccc3o2)c2ccccc2O1. The first-order valence-electron chi connectivity index (χ1n) is 9.84. The van der Waals surface area contributed by atoms with Crippen LogP contribution in [0.5, 0.6) is 5.75 Å². The molecule has 1 aliphatic heterocycles. The fourth-order valence-corrected chi connectivity index (χ4v) is 3.34. The highest BCUT2D eigenvalue weighted by Crippen LogP contribution is 2.33. The number of ether oxygens (including phenoxy) is 1. The number of aryl methyl sites for hydroxylation is 1. The molecule has 29 heavy (non-hydrogen) atoms. The largest absolute Gasteiger partial charge is 0.477 e. The summed E-state index contributed by atoms with van der Waals surface area (Å²) in [6.07, 6.45) is 0.719. The van der Waals surface area contributed by atoms with Gasteiger partial charge in [0.2, 0.25) is 5.91 Å². The molecule has 0 saturated carbocycles. The number of benzene rings is 2. The zero-order valence-electron chi connectivity index (χ0n) is 16.3. The molecule has 150 valence electrons. The molecule has 7 heteroatoms. The second-order valence-corrected chi connectivity index (χ2v) is 6.94. The van der Waals surface area contributed by atoms with Crippen LogP contribution >= 0.6 is 0 Å². The second kappa shape index (κ2) is 8.34. The van der Waals surface area contributed by atoms with Crippen molar-refractivity contribution in [1.82, 2.24) is 10.3 Å². The second-order valence-electron chi connectivity index (χ2n) is 6.94. The van der Waals surface area contributed by atoms with E-state index in [2.05, 4.69) is 10.3 Å². The molecule has 3 aromatic rings. The van der Waals surface area contributed by atoms with Gasteiger partial charge in [-0.2, -0.15) is 0 Å². The molecule has 1 N–H and O–H groups in total. The number of aromatic nitrogens is 1. The minimum Gasteiger partial charge on any atom is -0.477 e. The number of nitrogens with one attached hydrogen (secondary N) is 1. The van der Waals surface area contributed by atoms with Gasteiger partial charge in [0.1, 0.15) is 11.3 Å². The van der Waals surface area contributed by atoms with Crippen molar-refractivity contribution in [2.24, 2.45) is 0 Å². The topological polar surface area (TPSA) is 84.7 Å². The van der Waals surface area contributed by atoms with Crippen LogP contribution in [0, 0.1) is 0 Å². The van der Waals surface area contributed by atoms with E-state index < -0.39 is 6.10 Å². The fraction of sp³-hybridized carbons (Fsp3) is 0.318. The molecular weight excluding hydrogens is 370 g/mol. The van der Waals surface area contributed by atoms with Gasteiger partial charge in [-0.1, -0.05) is 31.2 Å². The summed E-state index contributed by atoms with van der Waals surface area (Å²) in [7, 11) is 0. The maximum absolute atomic E-state index is 13.0. The standard InChI is InChI=1S/C22H23N3O4/c1-2-13-23-22(27)19-14-25(16-8-4-6-10-18(16)28-19)21(26)12-11-20-24-15-7-3-5-9-17(15)29-20/h3-10,19H,2,11-14H2,1H3,(H,23,27). The molecule has 1 aromatic heterocycles. The molecule has 1 unspecified atom stereocenters. The highest BCUT2D eigenvalue weighted by molar-refractivity contribution is 5.97. The lowest BCUT2D eigenvalue weighted by atomic mass is 10.1. The molecule has 1 aliphatic rings. The number of amides is 2. The zero-order chi connectivity index (χ0) is 20.2. The Labute approximate surface area is 168 Å². The average Bonchev–Trinajstić information content (AvgIpc) is 3.18. The summed E-state index contributed by atoms with van der Waals surface area (Å²) in [5.74, 6) is 0.748. The molecule has 0 bridgehead atoms. The van der Waals surface area contributed by atoms with Gasteiger partial charge in [-0.3, -0.25) is 9.59 Å². The Hall–Kier alpha value is -3.35. The van der Waals surface area contributed by atoms with Gasteiger partial charge in [0.05, 0.1) is 12.2 Å². The lowest BCUT2D eigenvalue weighted by molar-refractivity contribution is -0.128. The summed E-state index contributed by atoms with van der Waals surface area (Å²) in [5.41, 5.74) is 2.16. The number of fused-ring (bicyclic) bond motifs is 2. The third-order valence-electron chi connectivity index (χ3n) is 4.81. The number of anilines is 1. The summed E-state index contributed by atoms with van der Waals surface area (Å²) >= 11 is 0. The van der Waals surface area contributed by atoms with E-state index in [4.69, 9.17) is 9.15 Å². The van der Waals surface area contributed by atoms with Crippen molar-refractivity contribution in [2.45, 2.75) is 32.3 Å².